The molecule has 0 spiro atoms. The first-order valence-corrected chi connectivity index (χ1v) is 10.8. The number of hydrogen-bond donors (Lipinski definition) is 2. The molecule has 1 heterocycles. The lowest BCUT2D eigenvalue weighted by atomic mass is 10.2. The Bertz CT molecular complexity index is 824. The fourth-order valence-electron chi connectivity index (χ4n) is 2.18. The SMILES string of the molecule is CCCOc1ccc(C(=O)Nc2nc(C)c(SCC(N)=O)s2)cc1OCCC. The highest BCUT2D eigenvalue weighted by Gasteiger charge is 2.15. The van der Waals surface area contributed by atoms with E-state index in [1.807, 2.05) is 20.8 Å². The quantitative estimate of drug-likeness (QED) is 0.532. The number of carbonyl (C=O) groups is 2. The summed E-state index contributed by atoms with van der Waals surface area (Å²) in [6.07, 6.45) is 1.74. The molecule has 0 saturated carbocycles. The molecule has 9 heteroatoms. The van der Waals surface area contributed by atoms with E-state index in [-0.39, 0.29) is 11.7 Å². The van der Waals surface area contributed by atoms with Crippen molar-refractivity contribution in [2.75, 3.05) is 24.3 Å². The van der Waals surface area contributed by atoms with Crippen LogP contribution in [0.1, 0.15) is 42.7 Å². The Morgan fingerprint density at radius 2 is 1.86 bits per heavy atom. The van der Waals surface area contributed by atoms with E-state index in [0.717, 1.165) is 22.7 Å². The molecular weight excluding hydrogens is 398 g/mol. The summed E-state index contributed by atoms with van der Waals surface area (Å²) in [5.41, 5.74) is 6.38. The van der Waals surface area contributed by atoms with E-state index in [2.05, 4.69) is 10.3 Å². The number of ether oxygens (including phenoxy) is 2. The van der Waals surface area contributed by atoms with Crippen molar-refractivity contribution in [2.24, 2.45) is 5.73 Å². The third-order valence-electron chi connectivity index (χ3n) is 3.45. The first kappa shape index (κ1) is 22.0. The van der Waals surface area contributed by atoms with Crippen LogP contribution in [0.2, 0.25) is 0 Å². The fraction of sp³-hybridized carbons (Fsp3) is 0.421. The van der Waals surface area contributed by atoms with Gasteiger partial charge in [-0.25, -0.2) is 4.98 Å². The number of amides is 2. The van der Waals surface area contributed by atoms with Gasteiger partial charge in [-0.2, -0.15) is 0 Å². The Morgan fingerprint density at radius 1 is 1.18 bits per heavy atom. The molecule has 2 amide bonds. The summed E-state index contributed by atoms with van der Waals surface area (Å²) in [6.45, 7) is 6.99. The standard InChI is InChI=1S/C19H25N3O4S2/c1-4-8-25-14-7-6-13(10-15(14)26-9-5-2)17(24)22-19-21-12(3)18(28-19)27-11-16(20)23/h6-7,10H,4-5,8-9,11H2,1-3H3,(H2,20,23)(H,21,22,24). The van der Waals surface area contributed by atoms with Crippen LogP contribution in [0.5, 0.6) is 11.5 Å². The van der Waals surface area contributed by atoms with Gasteiger partial charge in [0, 0.05) is 5.56 Å². The number of thiazole rings is 1. The molecule has 0 fully saturated rings. The smallest absolute Gasteiger partial charge is 0.257 e. The maximum atomic E-state index is 12.6. The number of hydrogen-bond acceptors (Lipinski definition) is 7. The summed E-state index contributed by atoms with van der Waals surface area (Å²) in [6, 6.07) is 5.12. The van der Waals surface area contributed by atoms with Gasteiger partial charge >= 0.3 is 0 Å². The number of nitrogens with zero attached hydrogens (tertiary/aromatic N) is 1. The number of primary amides is 1. The van der Waals surface area contributed by atoms with Crippen molar-refractivity contribution < 1.29 is 19.1 Å². The van der Waals surface area contributed by atoms with E-state index < -0.39 is 5.91 Å². The van der Waals surface area contributed by atoms with E-state index in [1.54, 1.807) is 18.2 Å². The van der Waals surface area contributed by atoms with E-state index in [1.165, 1.54) is 23.1 Å². The lowest BCUT2D eigenvalue weighted by Gasteiger charge is -2.13. The Kier molecular flexibility index (Phi) is 8.59. The van der Waals surface area contributed by atoms with Crippen molar-refractivity contribution in [1.82, 2.24) is 4.98 Å². The second kappa shape index (κ2) is 10.9. The zero-order valence-electron chi connectivity index (χ0n) is 16.2. The molecule has 7 nitrogen and oxygen atoms in total. The summed E-state index contributed by atoms with van der Waals surface area (Å²) in [4.78, 5) is 27.9. The van der Waals surface area contributed by atoms with E-state index >= 15 is 0 Å². The van der Waals surface area contributed by atoms with Crippen molar-refractivity contribution in [1.29, 1.82) is 0 Å². The molecule has 2 rings (SSSR count). The van der Waals surface area contributed by atoms with E-state index in [0.29, 0.717) is 35.4 Å². The van der Waals surface area contributed by atoms with Crippen LogP contribution in [0.25, 0.3) is 0 Å². The number of aryl methyl sites for hydroxylation is 1. The molecule has 2 aromatic rings. The number of nitrogens with one attached hydrogen (secondary N) is 1. The Hall–Kier alpha value is -2.26. The third-order valence-corrected chi connectivity index (χ3v) is 5.91. The minimum absolute atomic E-state index is 0.174. The molecule has 1 aromatic carbocycles. The Labute approximate surface area is 173 Å². The third kappa shape index (κ3) is 6.42. The lowest BCUT2D eigenvalue weighted by Crippen LogP contribution is -2.12. The molecule has 28 heavy (non-hydrogen) atoms. The summed E-state index contributed by atoms with van der Waals surface area (Å²) < 4.78 is 12.3. The maximum Gasteiger partial charge on any atom is 0.257 e. The number of rotatable bonds is 11. The average Bonchev–Trinajstić information content (AvgIpc) is 3.02. The predicted molar refractivity (Wildman–Crippen MR) is 113 cm³/mol. The number of benzene rings is 1. The highest BCUT2D eigenvalue weighted by Crippen LogP contribution is 2.33. The summed E-state index contributed by atoms with van der Waals surface area (Å²) in [7, 11) is 0. The van der Waals surface area contributed by atoms with Crippen molar-refractivity contribution in [3.05, 3.63) is 29.5 Å². The molecule has 0 aliphatic rings. The number of thioether (sulfide) groups is 1. The van der Waals surface area contributed by atoms with Crippen LogP contribution in [0, 0.1) is 6.92 Å². The first-order valence-electron chi connectivity index (χ1n) is 9.04. The number of nitrogens with two attached hydrogens (primary N) is 1. The van der Waals surface area contributed by atoms with Gasteiger partial charge in [0.15, 0.2) is 16.6 Å². The molecule has 0 aliphatic carbocycles. The topological polar surface area (TPSA) is 104 Å². The normalized spacial score (nSPS) is 10.5. The highest BCUT2D eigenvalue weighted by molar-refractivity contribution is 8.01. The van der Waals surface area contributed by atoms with Gasteiger partial charge in [0.05, 0.1) is 28.9 Å². The van der Waals surface area contributed by atoms with Crippen molar-refractivity contribution in [2.45, 2.75) is 37.8 Å². The monoisotopic (exact) mass is 423 g/mol. The molecule has 0 atom stereocenters. The van der Waals surface area contributed by atoms with Gasteiger partial charge in [0.1, 0.15) is 0 Å². The molecule has 0 radical (unpaired) electrons. The molecular formula is C19H25N3O4S2. The zero-order valence-corrected chi connectivity index (χ0v) is 17.9. The fourth-order valence-corrected chi connectivity index (χ4v) is 4.05. The minimum atomic E-state index is -0.395. The zero-order chi connectivity index (χ0) is 20.5. The average molecular weight is 424 g/mol. The van der Waals surface area contributed by atoms with Gasteiger partial charge in [-0.15, -0.1) is 11.8 Å². The summed E-state index contributed by atoms with van der Waals surface area (Å²) in [5, 5.41) is 3.26. The molecule has 0 bridgehead atoms. The van der Waals surface area contributed by atoms with Crippen LogP contribution in [0.3, 0.4) is 0 Å². The summed E-state index contributed by atoms with van der Waals surface area (Å²) in [5.74, 6) is 0.670. The molecule has 1 aromatic heterocycles. The maximum absolute atomic E-state index is 12.6. The van der Waals surface area contributed by atoms with Gasteiger partial charge in [0.2, 0.25) is 5.91 Å². The highest BCUT2D eigenvalue weighted by atomic mass is 32.2. The van der Waals surface area contributed by atoms with Gasteiger partial charge in [0.25, 0.3) is 5.91 Å². The van der Waals surface area contributed by atoms with E-state index in [9.17, 15) is 9.59 Å². The lowest BCUT2D eigenvalue weighted by molar-refractivity contribution is -0.115. The minimum Gasteiger partial charge on any atom is -0.490 e. The van der Waals surface area contributed by atoms with Gasteiger partial charge in [-0.3, -0.25) is 14.9 Å². The molecule has 152 valence electrons. The van der Waals surface area contributed by atoms with Gasteiger partial charge in [-0.1, -0.05) is 25.2 Å². The second-order valence-corrected chi connectivity index (χ2v) is 8.20. The molecule has 3 N–H and O–H groups in total. The van der Waals surface area contributed by atoms with Crippen LogP contribution < -0.4 is 20.5 Å². The van der Waals surface area contributed by atoms with Crippen LogP contribution in [0.15, 0.2) is 22.4 Å². The van der Waals surface area contributed by atoms with Crippen molar-refractivity contribution >= 4 is 40.0 Å². The molecule has 0 saturated heterocycles. The Balaban J connectivity index is 2.12. The predicted octanol–water partition coefficient (Wildman–Crippen LogP) is 3.86. The molecule has 0 unspecified atom stereocenters. The van der Waals surface area contributed by atoms with Crippen molar-refractivity contribution in [3.8, 4) is 11.5 Å². The number of aromatic nitrogens is 1. The van der Waals surface area contributed by atoms with Gasteiger partial charge in [-0.05, 0) is 38.0 Å². The molecule has 0 aliphatic heterocycles. The van der Waals surface area contributed by atoms with Gasteiger partial charge < -0.3 is 15.2 Å². The van der Waals surface area contributed by atoms with E-state index in [4.69, 9.17) is 15.2 Å². The second-order valence-electron chi connectivity index (χ2n) is 5.96. The largest absolute Gasteiger partial charge is 0.490 e. The number of carbonyl (C=O) groups excluding carboxylic acids is 2. The summed E-state index contributed by atoms with van der Waals surface area (Å²) >= 11 is 2.63. The van der Waals surface area contributed by atoms with Crippen molar-refractivity contribution in [3.63, 3.8) is 0 Å². The van der Waals surface area contributed by atoms with Crippen LogP contribution in [-0.4, -0.2) is 35.8 Å². The van der Waals surface area contributed by atoms with Crippen LogP contribution >= 0.6 is 23.1 Å². The van der Waals surface area contributed by atoms with Crippen LogP contribution in [0.4, 0.5) is 5.13 Å². The number of anilines is 1. The van der Waals surface area contributed by atoms with Crippen LogP contribution in [-0.2, 0) is 4.79 Å². The Morgan fingerprint density at radius 3 is 2.50 bits per heavy atom. The first-order chi connectivity index (χ1) is 13.4.